The van der Waals surface area contributed by atoms with E-state index >= 15 is 0 Å². The summed E-state index contributed by atoms with van der Waals surface area (Å²) in [7, 11) is 1.57. The molecule has 1 heterocycles. The second-order valence-electron chi connectivity index (χ2n) is 6.56. The predicted octanol–water partition coefficient (Wildman–Crippen LogP) is 2.37. The van der Waals surface area contributed by atoms with Crippen molar-refractivity contribution in [1.29, 1.82) is 0 Å². The van der Waals surface area contributed by atoms with Crippen LogP contribution in [0.4, 0.5) is 0 Å². The molecule has 5 nitrogen and oxygen atoms in total. The van der Waals surface area contributed by atoms with Gasteiger partial charge in [-0.3, -0.25) is 4.79 Å². The number of rotatable bonds is 2. The third-order valence-electron chi connectivity index (χ3n) is 4.41. The van der Waals surface area contributed by atoms with E-state index < -0.39 is 5.60 Å². The van der Waals surface area contributed by atoms with Crippen molar-refractivity contribution < 1.29 is 24.5 Å². The summed E-state index contributed by atoms with van der Waals surface area (Å²) in [4.78, 5) is 11.9. The first-order chi connectivity index (χ1) is 10.8. The maximum absolute atomic E-state index is 11.9. The topological polar surface area (TPSA) is 76.0 Å². The smallest absolute Gasteiger partial charge is 0.306 e. The Bertz CT molecular complexity index is 439. The largest absolute Gasteiger partial charge is 0.462 e. The Morgan fingerprint density at radius 2 is 2.13 bits per heavy atom. The van der Waals surface area contributed by atoms with Crippen molar-refractivity contribution in [3.8, 4) is 0 Å². The van der Waals surface area contributed by atoms with Crippen molar-refractivity contribution in [3.05, 3.63) is 23.8 Å². The highest BCUT2D eigenvalue weighted by molar-refractivity contribution is 5.69. The molecule has 4 unspecified atom stereocenters. The molecule has 0 spiro atoms. The number of aliphatic hydroxyl groups excluding tert-OH is 1. The molecular formula is C18H30O5. The van der Waals surface area contributed by atoms with E-state index in [2.05, 4.69) is 0 Å². The molecule has 1 aliphatic heterocycles. The molecule has 0 radical (unpaired) electrons. The van der Waals surface area contributed by atoms with Crippen LogP contribution in [-0.4, -0.2) is 47.7 Å². The number of hydrogen-bond donors (Lipinski definition) is 2. The van der Waals surface area contributed by atoms with E-state index in [1.54, 1.807) is 26.2 Å². The molecule has 0 saturated carbocycles. The van der Waals surface area contributed by atoms with Crippen LogP contribution in [0.25, 0.3) is 0 Å². The average molecular weight is 326 g/mol. The molecule has 132 valence electrons. The van der Waals surface area contributed by atoms with Gasteiger partial charge in [-0.25, -0.2) is 0 Å². The molecule has 0 aromatic heterocycles. The van der Waals surface area contributed by atoms with Crippen molar-refractivity contribution in [1.82, 2.24) is 0 Å². The van der Waals surface area contributed by atoms with E-state index in [4.69, 9.17) is 9.47 Å². The van der Waals surface area contributed by atoms with Gasteiger partial charge in [-0.1, -0.05) is 25.2 Å². The fourth-order valence-electron chi connectivity index (χ4n) is 2.51. The van der Waals surface area contributed by atoms with Gasteiger partial charge in [-0.05, 0) is 44.6 Å². The van der Waals surface area contributed by atoms with E-state index in [9.17, 15) is 15.0 Å². The normalized spacial score (nSPS) is 34.4. The summed E-state index contributed by atoms with van der Waals surface area (Å²) in [6.45, 7) is 5.48. The molecule has 0 fully saturated rings. The zero-order valence-electron chi connectivity index (χ0n) is 14.6. The third-order valence-corrected chi connectivity index (χ3v) is 4.41. The first kappa shape index (κ1) is 19.9. The monoisotopic (exact) mass is 326 g/mol. The number of cyclic esters (lactones) is 1. The molecule has 0 aliphatic carbocycles. The Labute approximate surface area is 139 Å². The minimum Gasteiger partial charge on any atom is -0.462 e. The Hall–Kier alpha value is -1.17. The van der Waals surface area contributed by atoms with Crippen LogP contribution in [0.3, 0.4) is 0 Å². The highest BCUT2D eigenvalue weighted by Gasteiger charge is 2.23. The summed E-state index contributed by atoms with van der Waals surface area (Å²) in [6, 6.07) is 0. The lowest BCUT2D eigenvalue weighted by Crippen LogP contribution is -2.27. The van der Waals surface area contributed by atoms with Gasteiger partial charge in [0.1, 0.15) is 6.10 Å². The Balaban J connectivity index is 3.00. The highest BCUT2D eigenvalue weighted by atomic mass is 16.5. The number of aliphatic hydroxyl groups is 2. The molecule has 2 N–H and O–H groups in total. The molecular weight excluding hydrogens is 296 g/mol. The molecule has 1 aliphatic rings. The molecule has 0 amide bonds. The summed E-state index contributed by atoms with van der Waals surface area (Å²) in [6.07, 6.45) is 6.82. The zero-order valence-corrected chi connectivity index (χ0v) is 14.6. The lowest BCUT2D eigenvalue weighted by molar-refractivity contribution is -0.151. The van der Waals surface area contributed by atoms with Gasteiger partial charge in [-0.15, -0.1) is 0 Å². The molecule has 0 saturated heterocycles. The molecule has 23 heavy (non-hydrogen) atoms. The van der Waals surface area contributed by atoms with Gasteiger partial charge in [-0.2, -0.15) is 0 Å². The van der Waals surface area contributed by atoms with Crippen LogP contribution in [0.2, 0.25) is 0 Å². The van der Waals surface area contributed by atoms with Gasteiger partial charge in [0.25, 0.3) is 0 Å². The minimum atomic E-state index is -1.13. The number of allylic oxidation sites excluding steroid dienone is 1. The van der Waals surface area contributed by atoms with Crippen LogP contribution < -0.4 is 0 Å². The number of methoxy groups -OCH3 is 1. The first-order valence-corrected chi connectivity index (χ1v) is 8.23. The van der Waals surface area contributed by atoms with Gasteiger partial charge in [0.05, 0.1) is 18.3 Å². The van der Waals surface area contributed by atoms with Crippen molar-refractivity contribution in [2.24, 2.45) is 5.92 Å². The van der Waals surface area contributed by atoms with Gasteiger partial charge in [0, 0.05) is 13.5 Å². The Morgan fingerprint density at radius 1 is 1.43 bits per heavy atom. The van der Waals surface area contributed by atoms with Crippen LogP contribution in [0.1, 0.15) is 46.5 Å². The lowest BCUT2D eigenvalue weighted by Gasteiger charge is -2.24. The summed E-state index contributed by atoms with van der Waals surface area (Å²) in [5.41, 5.74) is -0.358. The molecule has 0 bridgehead atoms. The van der Waals surface area contributed by atoms with Crippen LogP contribution in [0, 0.1) is 5.92 Å². The number of ether oxygens (including phenoxy) is 2. The number of carbonyl (C=O) groups excluding carboxylic acids is 1. The summed E-state index contributed by atoms with van der Waals surface area (Å²) in [5.74, 6) is -0.0694. The number of hydrogen-bond acceptors (Lipinski definition) is 5. The van der Waals surface area contributed by atoms with Crippen LogP contribution >= 0.6 is 0 Å². The summed E-state index contributed by atoms with van der Waals surface area (Å²) >= 11 is 0. The summed E-state index contributed by atoms with van der Waals surface area (Å²) < 4.78 is 10.8. The fourth-order valence-corrected chi connectivity index (χ4v) is 2.51. The maximum Gasteiger partial charge on any atom is 0.306 e. The Morgan fingerprint density at radius 3 is 2.74 bits per heavy atom. The Kier molecular flexibility index (Phi) is 7.95. The summed E-state index contributed by atoms with van der Waals surface area (Å²) in [5, 5.41) is 19.9. The second-order valence-corrected chi connectivity index (χ2v) is 6.56. The molecule has 0 aromatic carbocycles. The van der Waals surface area contributed by atoms with Crippen molar-refractivity contribution >= 4 is 5.97 Å². The zero-order chi connectivity index (χ0) is 17.5. The maximum atomic E-state index is 11.9. The van der Waals surface area contributed by atoms with E-state index in [1.165, 1.54) is 0 Å². The SMILES string of the molecule is COC1C=CC(C)(O)CCC(=O)OC(C)C(C)CCC=C1CO. The molecule has 5 heteroatoms. The molecule has 4 atom stereocenters. The van der Waals surface area contributed by atoms with Gasteiger partial charge in [0.2, 0.25) is 0 Å². The average Bonchev–Trinajstić information content (AvgIpc) is 2.50. The van der Waals surface area contributed by atoms with E-state index in [1.807, 2.05) is 19.9 Å². The van der Waals surface area contributed by atoms with Crippen LogP contribution in [-0.2, 0) is 14.3 Å². The van der Waals surface area contributed by atoms with Gasteiger partial charge >= 0.3 is 5.97 Å². The van der Waals surface area contributed by atoms with Crippen molar-refractivity contribution in [3.63, 3.8) is 0 Å². The first-order valence-electron chi connectivity index (χ1n) is 8.23. The lowest BCUT2D eigenvalue weighted by atomic mass is 9.95. The fraction of sp³-hybridized carbons (Fsp3) is 0.722. The predicted molar refractivity (Wildman–Crippen MR) is 88.9 cm³/mol. The minimum absolute atomic E-state index is 0.0933. The van der Waals surface area contributed by atoms with E-state index in [0.29, 0.717) is 0 Å². The molecule has 1 rings (SSSR count). The number of carbonyl (C=O) groups is 1. The molecule has 0 aromatic rings. The third kappa shape index (κ3) is 6.85. The van der Waals surface area contributed by atoms with Gasteiger partial charge in [0.15, 0.2) is 0 Å². The highest BCUT2D eigenvalue weighted by Crippen LogP contribution is 2.21. The van der Waals surface area contributed by atoms with Gasteiger partial charge < -0.3 is 19.7 Å². The second kappa shape index (κ2) is 9.21. The standard InChI is InChI=1S/C18H30O5/c1-13-6-5-7-15(12-19)16(22-4)8-10-18(3,21)11-9-17(20)23-14(13)2/h7-8,10,13-14,16,19,21H,5-6,9,11-12H2,1-4H3. The van der Waals surface area contributed by atoms with Crippen LogP contribution in [0.15, 0.2) is 23.8 Å². The van der Waals surface area contributed by atoms with Crippen molar-refractivity contribution in [2.75, 3.05) is 13.7 Å². The van der Waals surface area contributed by atoms with E-state index in [-0.39, 0.29) is 43.5 Å². The quantitative estimate of drug-likeness (QED) is 0.602. The van der Waals surface area contributed by atoms with Crippen molar-refractivity contribution in [2.45, 2.75) is 64.3 Å². The number of esters is 1. The van der Waals surface area contributed by atoms with Crippen LogP contribution in [0.5, 0.6) is 0 Å². The van der Waals surface area contributed by atoms with E-state index in [0.717, 1.165) is 18.4 Å².